The van der Waals surface area contributed by atoms with E-state index in [1.165, 1.54) is 4.90 Å². The van der Waals surface area contributed by atoms with Gasteiger partial charge >= 0.3 is 6.03 Å². The second-order valence-corrected chi connectivity index (χ2v) is 6.97. The minimum Gasteiger partial charge on any atom is -0.329 e. The van der Waals surface area contributed by atoms with E-state index in [-0.39, 0.29) is 37.0 Å². The van der Waals surface area contributed by atoms with Gasteiger partial charge < -0.3 is 16.0 Å². The molecule has 2 aliphatic rings. The molecule has 1 aromatic rings. The number of imide groups is 1. The summed E-state index contributed by atoms with van der Waals surface area (Å²) in [5.74, 6) is 1.75. The Hall–Kier alpha value is -2.06. The lowest BCUT2D eigenvalue weighted by Crippen LogP contribution is -2.39. The SMILES string of the molecule is O=C(CC1CSCCN1)Nc1cccc(CN2C(=O)CNC2=O)c1. The van der Waals surface area contributed by atoms with E-state index in [0.29, 0.717) is 12.1 Å². The smallest absolute Gasteiger partial charge is 0.324 e. The molecule has 1 unspecified atom stereocenters. The van der Waals surface area contributed by atoms with Crippen LogP contribution in [0.4, 0.5) is 10.5 Å². The highest BCUT2D eigenvalue weighted by molar-refractivity contribution is 7.99. The van der Waals surface area contributed by atoms with Gasteiger partial charge in [-0.1, -0.05) is 12.1 Å². The van der Waals surface area contributed by atoms with Crippen LogP contribution in [0.15, 0.2) is 24.3 Å². The first-order chi connectivity index (χ1) is 11.6. The van der Waals surface area contributed by atoms with Crippen molar-refractivity contribution in [1.82, 2.24) is 15.5 Å². The predicted octanol–water partition coefficient (Wildman–Crippen LogP) is 0.772. The van der Waals surface area contributed by atoms with Crippen molar-refractivity contribution in [2.45, 2.75) is 19.0 Å². The first-order valence-corrected chi connectivity index (χ1v) is 9.05. The molecule has 2 aliphatic heterocycles. The van der Waals surface area contributed by atoms with E-state index in [1.54, 1.807) is 18.2 Å². The van der Waals surface area contributed by atoms with Gasteiger partial charge in [-0.2, -0.15) is 11.8 Å². The van der Waals surface area contributed by atoms with Crippen LogP contribution in [0.1, 0.15) is 12.0 Å². The third kappa shape index (κ3) is 4.27. The zero-order chi connectivity index (χ0) is 16.9. The minimum atomic E-state index is -0.379. The second kappa shape index (κ2) is 7.67. The molecule has 24 heavy (non-hydrogen) atoms. The van der Waals surface area contributed by atoms with Crippen molar-refractivity contribution in [1.29, 1.82) is 0 Å². The van der Waals surface area contributed by atoms with Gasteiger partial charge in [-0.25, -0.2) is 4.79 Å². The van der Waals surface area contributed by atoms with Crippen molar-refractivity contribution in [3.8, 4) is 0 Å². The molecule has 4 amide bonds. The Balaban J connectivity index is 1.57. The van der Waals surface area contributed by atoms with Gasteiger partial charge in [0.1, 0.15) is 0 Å². The van der Waals surface area contributed by atoms with Gasteiger partial charge in [-0.05, 0) is 17.7 Å². The molecule has 3 N–H and O–H groups in total. The van der Waals surface area contributed by atoms with Crippen LogP contribution < -0.4 is 16.0 Å². The van der Waals surface area contributed by atoms with Crippen molar-refractivity contribution in [2.75, 3.05) is 29.9 Å². The summed E-state index contributed by atoms with van der Waals surface area (Å²) in [6.45, 7) is 1.18. The van der Waals surface area contributed by atoms with Crippen LogP contribution in [0.25, 0.3) is 0 Å². The molecule has 0 aromatic heterocycles. The van der Waals surface area contributed by atoms with E-state index in [2.05, 4.69) is 16.0 Å². The van der Waals surface area contributed by atoms with Crippen molar-refractivity contribution in [3.05, 3.63) is 29.8 Å². The van der Waals surface area contributed by atoms with E-state index in [0.717, 1.165) is 23.6 Å². The molecule has 2 fully saturated rings. The number of anilines is 1. The molecule has 0 radical (unpaired) electrons. The Bertz CT molecular complexity index is 630. The number of hydrogen-bond donors (Lipinski definition) is 3. The summed E-state index contributed by atoms with van der Waals surface area (Å²) in [6, 6.07) is 7.05. The van der Waals surface area contributed by atoms with Crippen LogP contribution in [0.5, 0.6) is 0 Å². The lowest BCUT2D eigenvalue weighted by atomic mass is 10.1. The van der Waals surface area contributed by atoms with Gasteiger partial charge in [-0.3, -0.25) is 14.5 Å². The maximum atomic E-state index is 12.2. The topological polar surface area (TPSA) is 90.5 Å². The lowest BCUT2D eigenvalue weighted by Gasteiger charge is -2.22. The average Bonchev–Trinajstić information content (AvgIpc) is 2.88. The highest BCUT2D eigenvalue weighted by Gasteiger charge is 2.28. The van der Waals surface area contributed by atoms with E-state index >= 15 is 0 Å². The number of amides is 4. The number of carbonyl (C=O) groups is 3. The quantitative estimate of drug-likeness (QED) is 0.684. The number of hydrogen-bond acceptors (Lipinski definition) is 5. The largest absolute Gasteiger partial charge is 0.329 e. The summed E-state index contributed by atoms with van der Waals surface area (Å²) < 4.78 is 0. The van der Waals surface area contributed by atoms with Crippen LogP contribution in [0.3, 0.4) is 0 Å². The fraction of sp³-hybridized carbons (Fsp3) is 0.438. The van der Waals surface area contributed by atoms with Crippen LogP contribution in [0, 0.1) is 0 Å². The molecular weight excluding hydrogens is 328 g/mol. The summed E-state index contributed by atoms with van der Waals surface area (Å²) in [6.07, 6.45) is 0.435. The van der Waals surface area contributed by atoms with Crippen molar-refractivity contribution in [3.63, 3.8) is 0 Å². The molecule has 7 nitrogen and oxygen atoms in total. The Morgan fingerprint density at radius 2 is 2.25 bits per heavy atom. The van der Waals surface area contributed by atoms with E-state index in [9.17, 15) is 14.4 Å². The molecule has 0 bridgehead atoms. The maximum absolute atomic E-state index is 12.2. The highest BCUT2D eigenvalue weighted by Crippen LogP contribution is 2.16. The Labute approximate surface area is 144 Å². The molecule has 1 aromatic carbocycles. The predicted molar refractivity (Wildman–Crippen MR) is 92.8 cm³/mol. The summed E-state index contributed by atoms with van der Waals surface area (Å²) in [5, 5.41) is 8.71. The van der Waals surface area contributed by atoms with Crippen LogP contribution >= 0.6 is 11.8 Å². The van der Waals surface area contributed by atoms with E-state index in [4.69, 9.17) is 0 Å². The summed E-state index contributed by atoms with van der Waals surface area (Å²) in [5.41, 5.74) is 1.47. The molecule has 8 heteroatoms. The van der Waals surface area contributed by atoms with Crippen molar-refractivity contribution in [2.24, 2.45) is 0 Å². The molecule has 0 aliphatic carbocycles. The number of benzene rings is 1. The lowest BCUT2D eigenvalue weighted by molar-refractivity contribution is -0.125. The normalized spacial score (nSPS) is 20.8. The molecule has 0 saturated carbocycles. The fourth-order valence-corrected chi connectivity index (χ4v) is 3.68. The highest BCUT2D eigenvalue weighted by atomic mass is 32.2. The third-order valence-corrected chi connectivity index (χ3v) is 5.05. The number of urea groups is 1. The van der Waals surface area contributed by atoms with Gasteiger partial charge in [0, 0.05) is 36.2 Å². The van der Waals surface area contributed by atoms with Crippen molar-refractivity contribution >= 4 is 35.3 Å². The number of nitrogens with zero attached hydrogens (tertiary/aromatic N) is 1. The second-order valence-electron chi connectivity index (χ2n) is 5.82. The molecule has 1 atom stereocenters. The first kappa shape index (κ1) is 16.8. The molecule has 2 heterocycles. The monoisotopic (exact) mass is 348 g/mol. The Morgan fingerprint density at radius 3 is 2.96 bits per heavy atom. The van der Waals surface area contributed by atoms with Gasteiger partial charge in [0.05, 0.1) is 13.1 Å². The summed E-state index contributed by atoms with van der Waals surface area (Å²) in [7, 11) is 0. The van der Waals surface area contributed by atoms with Crippen molar-refractivity contribution < 1.29 is 14.4 Å². The number of nitrogens with one attached hydrogen (secondary N) is 3. The molecule has 2 saturated heterocycles. The minimum absolute atomic E-state index is 0.0397. The van der Waals surface area contributed by atoms with E-state index < -0.39 is 0 Å². The number of rotatable bonds is 5. The molecule has 0 spiro atoms. The van der Waals surface area contributed by atoms with Gasteiger partial charge in [-0.15, -0.1) is 0 Å². The fourth-order valence-electron chi connectivity index (χ4n) is 2.73. The van der Waals surface area contributed by atoms with E-state index in [1.807, 2.05) is 17.8 Å². The van der Waals surface area contributed by atoms with Gasteiger partial charge in [0.15, 0.2) is 0 Å². The standard InChI is InChI=1S/C16H20N4O3S/c21-14(7-13-10-24-5-4-17-13)19-12-3-1-2-11(6-12)9-20-15(22)8-18-16(20)23/h1-3,6,13,17H,4-5,7-10H2,(H,18,23)(H,19,21). The van der Waals surface area contributed by atoms with Crippen LogP contribution in [0.2, 0.25) is 0 Å². The van der Waals surface area contributed by atoms with Gasteiger partial charge in [0.25, 0.3) is 0 Å². The Morgan fingerprint density at radius 1 is 1.38 bits per heavy atom. The zero-order valence-corrected chi connectivity index (χ0v) is 14.0. The third-order valence-electron chi connectivity index (χ3n) is 3.92. The zero-order valence-electron chi connectivity index (χ0n) is 13.2. The molecule has 128 valence electrons. The molecular formula is C16H20N4O3S. The van der Waals surface area contributed by atoms with Crippen LogP contribution in [-0.4, -0.2) is 53.4 Å². The summed E-state index contributed by atoms with van der Waals surface area (Å²) >= 11 is 1.85. The first-order valence-electron chi connectivity index (χ1n) is 7.90. The summed E-state index contributed by atoms with van der Waals surface area (Å²) in [4.78, 5) is 36.5. The average molecular weight is 348 g/mol. The maximum Gasteiger partial charge on any atom is 0.324 e. The Kier molecular flexibility index (Phi) is 5.37. The number of carbonyl (C=O) groups excluding carboxylic acids is 3. The van der Waals surface area contributed by atoms with Crippen LogP contribution in [-0.2, 0) is 16.1 Å². The molecule has 3 rings (SSSR count). The number of thioether (sulfide) groups is 1. The van der Waals surface area contributed by atoms with Gasteiger partial charge in [0.2, 0.25) is 11.8 Å².